The van der Waals surface area contributed by atoms with Crippen molar-refractivity contribution in [3.8, 4) is 0 Å². The van der Waals surface area contributed by atoms with Crippen LogP contribution in [-0.4, -0.2) is 23.1 Å². The Morgan fingerprint density at radius 2 is 1.93 bits per heavy atom. The van der Waals surface area contributed by atoms with Crippen LogP contribution in [-0.2, 0) is 4.79 Å². The first kappa shape index (κ1) is 11.7. The van der Waals surface area contributed by atoms with Crippen LogP contribution in [0.15, 0.2) is 24.3 Å². The second-order valence-corrected chi connectivity index (χ2v) is 3.60. The quantitative estimate of drug-likeness (QED) is 0.609. The van der Waals surface area contributed by atoms with E-state index in [1.54, 1.807) is 38.1 Å². The number of carbonyl (C=O) groups excluding carboxylic acids is 1. The SMILES string of the molecule is CC(C)C(=O)Nc1ccccc1B(O)O. The highest BCUT2D eigenvalue weighted by molar-refractivity contribution is 6.60. The van der Waals surface area contributed by atoms with Crippen LogP contribution >= 0.6 is 0 Å². The molecule has 0 spiro atoms. The zero-order chi connectivity index (χ0) is 11.4. The molecular weight excluding hydrogens is 193 g/mol. The van der Waals surface area contributed by atoms with Gasteiger partial charge >= 0.3 is 7.12 Å². The van der Waals surface area contributed by atoms with Crippen LogP contribution < -0.4 is 10.8 Å². The zero-order valence-electron chi connectivity index (χ0n) is 8.77. The second kappa shape index (κ2) is 4.95. The highest BCUT2D eigenvalue weighted by Gasteiger charge is 2.17. The minimum absolute atomic E-state index is 0.145. The van der Waals surface area contributed by atoms with Crippen molar-refractivity contribution >= 4 is 24.2 Å². The van der Waals surface area contributed by atoms with E-state index in [4.69, 9.17) is 10.0 Å². The lowest BCUT2D eigenvalue weighted by Crippen LogP contribution is -2.34. The van der Waals surface area contributed by atoms with Crippen molar-refractivity contribution in [1.82, 2.24) is 0 Å². The molecule has 80 valence electrons. The Hall–Kier alpha value is -1.33. The summed E-state index contributed by atoms with van der Waals surface area (Å²) in [5.41, 5.74) is 0.734. The van der Waals surface area contributed by atoms with Gasteiger partial charge in [-0.3, -0.25) is 4.79 Å². The molecule has 3 N–H and O–H groups in total. The fourth-order valence-electron chi connectivity index (χ4n) is 1.11. The average molecular weight is 207 g/mol. The van der Waals surface area contributed by atoms with Gasteiger partial charge < -0.3 is 15.4 Å². The monoisotopic (exact) mass is 207 g/mol. The second-order valence-electron chi connectivity index (χ2n) is 3.60. The molecule has 0 aliphatic rings. The summed E-state index contributed by atoms with van der Waals surface area (Å²) in [6, 6.07) is 6.59. The average Bonchev–Trinajstić information content (AvgIpc) is 2.18. The molecule has 0 aliphatic carbocycles. The Bertz CT molecular complexity index is 352. The minimum Gasteiger partial charge on any atom is -0.423 e. The predicted molar refractivity (Wildman–Crippen MR) is 59.7 cm³/mol. The van der Waals surface area contributed by atoms with Crippen LogP contribution in [0, 0.1) is 5.92 Å². The summed E-state index contributed by atoms with van der Waals surface area (Å²) in [5, 5.41) is 20.8. The summed E-state index contributed by atoms with van der Waals surface area (Å²) in [7, 11) is -1.58. The summed E-state index contributed by atoms with van der Waals surface area (Å²) >= 11 is 0. The molecule has 0 saturated heterocycles. The highest BCUT2D eigenvalue weighted by atomic mass is 16.4. The topological polar surface area (TPSA) is 69.6 Å². The van der Waals surface area contributed by atoms with Crippen LogP contribution in [0.1, 0.15) is 13.8 Å². The van der Waals surface area contributed by atoms with E-state index in [9.17, 15) is 4.79 Å². The zero-order valence-corrected chi connectivity index (χ0v) is 8.77. The molecule has 4 nitrogen and oxygen atoms in total. The molecule has 1 aromatic rings. The van der Waals surface area contributed by atoms with Crippen LogP contribution in [0.3, 0.4) is 0 Å². The van der Waals surface area contributed by atoms with Gasteiger partial charge in [-0.15, -0.1) is 0 Å². The van der Waals surface area contributed by atoms with Gasteiger partial charge in [0.2, 0.25) is 5.91 Å². The van der Waals surface area contributed by atoms with E-state index < -0.39 is 7.12 Å². The number of nitrogens with one attached hydrogen (secondary N) is 1. The third kappa shape index (κ3) is 3.07. The van der Waals surface area contributed by atoms with Crippen molar-refractivity contribution < 1.29 is 14.8 Å². The number of para-hydroxylation sites is 1. The molecule has 0 bridgehead atoms. The maximum absolute atomic E-state index is 11.4. The number of carbonyl (C=O) groups is 1. The Labute approximate surface area is 89.1 Å². The summed E-state index contributed by atoms with van der Waals surface area (Å²) in [6.07, 6.45) is 0. The van der Waals surface area contributed by atoms with Crippen molar-refractivity contribution in [2.24, 2.45) is 5.92 Å². The van der Waals surface area contributed by atoms with E-state index in [0.29, 0.717) is 11.2 Å². The van der Waals surface area contributed by atoms with Crippen LogP contribution in [0.2, 0.25) is 0 Å². The van der Waals surface area contributed by atoms with Gasteiger partial charge in [0.1, 0.15) is 0 Å². The standard InChI is InChI=1S/C10H14BNO3/c1-7(2)10(13)12-9-6-4-3-5-8(9)11(14)15/h3-7,14-15H,1-2H3,(H,12,13). The molecule has 15 heavy (non-hydrogen) atoms. The molecule has 0 radical (unpaired) electrons. The Morgan fingerprint density at radius 3 is 2.47 bits per heavy atom. The van der Waals surface area contributed by atoms with Crippen molar-refractivity contribution in [2.75, 3.05) is 5.32 Å². The van der Waals surface area contributed by atoms with E-state index in [-0.39, 0.29) is 11.8 Å². The first-order valence-electron chi connectivity index (χ1n) is 4.78. The lowest BCUT2D eigenvalue weighted by atomic mass is 9.79. The van der Waals surface area contributed by atoms with Crippen LogP contribution in [0.4, 0.5) is 5.69 Å². The van der Waals surface area contributed by atoms with Crippen LogP contribution in [0.25, 0.3) is 0 Å². The third-order valence-electron chi connectivity index (χ3n) is 2.02. The molecular formula is C10H14BNO3. The van der Waals surface area contributed by atoms with Gasteiger partial charge in [0.25, 0.3) is 0 Å². The molecule has 0 aromatic heterocycles. The molecule has 0 heterocycles. The third-order valence-corrected chi connectivity index (χ3v) is 2.02. The Morgan fingerprint density at radius 1 is 1.33 bits per heavy atom. The van der Waals surface area contributed by atoms with E-state index in [1.165, 1.54) is 0 Å². The first-order chi connectivity index (χ1) is 7.02. The van der Waals surface area contributed by atoms with Crippen molar-refractivity contribution in [2.45, 2.75) is 13.8 Å². The maximum atomic E-state index is 11.4. The lowest BCUT2D eigenvalue weighted by molar-refractivity contribution is -0.118. The number of rotatable bonds is 3. The molecule has 5 heteroatoms. The summed E-state index contributed by atoms with van der Waals surface area (Å²) < 4.78 is 0. The van der Waals surface area contributed by atoms with Gasteiger partial charge in [-0.1, -0.05) is 32.0 Å². The van der Waals surface area contributed by atoms with Gasteiger partial charge in [-0.05, 0) is 6.07 Å². The molecule has 0 aliphatic heterocycles. The van der Waals surface area contributed by atoms with E-state index in [2.05, 4.69) is 5.32 Å². The predicted octanol–water partition coefficient (Wildman–Crippen LogP) is -0.0391. The largest absolute Gasteiger partial charge is 0.490 e. The molecule has 0 atom stereocenters. The lowest BCUT2D eigenvalue weighted by Gasteiger charge is -2.11. The van der Waals surface area contributed by atoms with Gasteiger partial charge in [-0.2, -0.15) is 0 Å². The molecule has 0 saturated carbocycles. The van der Waals surface area contributed by atoms with E-state index >= 15 is 0 Å². The van der Waals surface area contributed by atoms with Gasteiger partial charge in [0, 0.05) is 17.1 Å². The smallest absolute Gasteiger partial charge is 0.423 e. The fraction of sp³-hybridized carbons (Fsp3) is 0.300. The Kier molecular flexibility index (Phi) is 3.88. The van der Waals surface area contributed by atoms with E-state index in [1.807, 2.05) is 0 Å². The molecule has 1 amide bonds. The highest BCUT2D eigenvalue weighted by Crippen LogP contribution is 2.06. The number of amides is 1. The van der Waals surface area contributed by atoms with E-state index in [0.717, 1.165) is 0 Å². The summed E-state index contributed by atoms with van der Waals surface area (Å²) in [5.74, 6) is -0.294. The van der Waals surface area contributed by atoms with Crippen molar-refractivity contribution in [1.29, 1.82) is 0 Å². The fourth-order valence-corrected chi connectivity index (χ4v) is 1.11. The van der Waals surface area contributed by atoms with Gasteiger partial charge in [0.15, 0.2) is 0 Å². The molecule has 0 unspecified atom stereocenters. The molecule has 1 rings (SSSR count). The maximum Gasteiger partial charge on any atom is 0.490 e. The molecule has 1 aromatic carbocycles. The molecule has 0 fully saturated rings. The minimum atomic E-state index is -1.58. The number of hydrogen-bond acceptors (Lipinski definition) is 3. The van der Waals surface area contributed by atoms with Gasteiger partial charge in [-0.25, -0.2) is 0 Å². The van der Waals surface area contributed by atoms with Crippen molar-refractivity contribution in [3.63, 3.8) is 0 Å². The van der Waals surface area contributed by atoms with Gasteiger partial charge in [0.05, 0.1) is 0 Å². The number of benzene rings is 1. The van der Waals surface area contributed by atoms with Crippen LogP contribution in [0.5, 0.6) is 0 Å². The number of anilines is 1. The Balaban J connectivity index is 2.89. The normalized spacial score (nSPS) is 10.2. The summed E-state index contributed by atoms with van der Waals surface area (Å²) in [6.45, 7) is 3.54. The summed E-state index contributed by atoms with van der Waals surface area (Å²) in [4.78, 5) is 11.4. The first-order valence-corrected chi connectivity index (χ1v) is 4.78. The number of hydrogen-bond donors (Lipinski definition) is 3. The van der Waals surface area contributed by atoms with Crippen molar-refractivity contribution in [3.05, 3.63) is 24.3 Å².